The van der Waals surface area contributed by atoms with E-state index in [1.807, 2.05) is 50.2 Å². The molecule has 1 aromatic carbocycles. The highest BCUT2D eigenvalue weighted by atomic mass is 32.2. The summed E-state index contributed by atoms with van der Waals surface area (Å²) in [7, 11) is -3.76. The molecule has 0 unspecified atom stereocenters. The van der Waals surface area contributed by atoms with Crippen LogP contribution in [0.5, 0.6) is 0 Å². The highest BCUT2D eigenvalue weighted by molar-refractivity contribution is 7.91. The number of nitrogens with zero attached hydrogens (tertiary/aromatic N) is 2. The second-order valence-corrected chi connectivity index (χ2v) is 14.2. The molecule has 11 heteroatoms. The molecule has 8 nitrogen and oxygen atoms in total. The lowest BCUT2D eigenvalue weighted by Crippen LogP contribution is -2.50. The van der Waals surface area contributed by atoms with E-state index in [-0.39, 0.29) is 46.5 Å². The SMILES string of the molecule is CC(C)C[C@H](NC(=O)Cc1cc2ccccc2s1)C(=O)N[C@@H]1CCCN(S(=O)(=O)c2sccc2C#N)CC1. The molecule has 0 spiro atoms. The van der Waals surface area contributed by atoms with Crippen LogP contribution in [0.1, 0.15) is 50.0 Å². The number of fused-ring (bicyclic) bond motifs is 1. The smallest absolute Gasteiger partial charge is 0.253 e. The van der Waals surface area contributed by atoms with Crippen LogP contribution in [0, 0.1) is 17.2 Å². The second-order valence-electron chi connectivity index (χ2n) is 9.95. The fraction of sp³-hybridized carbons (Fsp3) is 0.444. The first-order chi connectivity index (χ1) is 18.2. The zero-order valence-electron chi connectivity index (χ0n) is 21.5. The molecule has 38 heavy (non-hydrogen) atoms. The number of carbonyl (C=O) groups excluding carboxylic acids is 2. The zero-order valence-corrected chi connectivity index (χ0v) is 23.9. The number of carbonyl (C=O) groups is 2. The Hall–Kier alpha value is -2.78. The normalized spacial score (nSPS) is 17.6. The number of thiophene rings is 2. The first kappa shape index (κ1) is 28.2. The molecule has 0 radical (unpaired) electrons. The molecule has 0 bridgehead atoms. The molecule has 1 aliphatic heterocycles. The summed E-state index contributed by atoms with van der Waals surface area (Å²) in [6, 6.07) is 12.6. The molecular weight excluding hydrogens is 541 g/mol. The lowest BCUT2D eigenvalue weighted by molar-refractivity contribution is -0.129. The molecule has 2 amide bonds. The molecule has 1 aliphatic rings. The van der Waals surface area contributed by atoms with E-state index in [1.165, 1.54) is 10.4 Å². The lowest BCUT2D eigenvalue weighted by Gasteiger charge is -2.24. The van der Waals surface area contributed by atoms with Crippen LogP contribution >= 0.6 is 22.7 Å². The van der Waals surface area contributed by atoms with Crippen molar-refractivity contribution >= 4 is 54.6 Å². The third-order valence-electron chi connectivity index (χ3n) is 6.53. The largest absolute Gasteiger partial charge is 0.352 e. The van der Waals surface area contributed by atoms with E-state index < -0.39 is 16.1 Å². The summed E-state index contributed by atoms with van der Waals surface area (Å²) in [6.07, 6.45) is 2.40. The van der Waals surface area contributed by atoms with Crippen LogP contribution in [0.3, 0.4) is 0 Å². The van der Waals surface area contributed by atoms with Gasteiger partial charge in [0.25, 0.3) is 10.0 Å². The topological polar surface area (TPSA) is 119 Å². The van der Waals surface area contributed by atoms with Gasteiger partial charge in [0.1, 0.15) is 12.1 Å². The van der Waals surface area contributed by atoms with Crippen molar-refractivity contribution in [1.82, 2.24) is 14.9 Å². The molecule has 0 aliphatic carbocycles. The van der Waals surface area contributed by atoms with Crippen LogP contribution in [0.15, 0.2) is 46.0 Å². The average molecular weight is 573 g/mol. The zero-order chi connectivity index (χ0) is 27.3. The first-order valence-corrected chi connectivity index (χ1v) is 15.9. The van der Waals surface area contributed by atoms with E-state index in [0.29, 0.717) is 32.2 Å². The number of amides is 2. The van der Waals surface area contributed by atoms with E-state index in [1.54, 1.807) is 16.7 Å². The highest BCUT2D eigenvalue weighted by Crippen LogP contribution is 2.28. The Morgan fingerprint density at radius 3 is 2.71 bits per heavy atom. The van der Waals surface area contributed by atoms with Gasteiger partial charge in [0.2, 0.25) is 11.8 Å². The van der Waals surface area contributed by atoms with Crippen LogP contribution < -0.4 is 10.6 Å². The third kappa shape index (κ3) is 6.80. The molecular formula is C27H32N4O4S3. The van der Waals surface area contributed by atoms with E-state index in [4.69, 9.17) is 0 Å². The summed E-state index contributed by atoms with van der Waals surface area (Å²) in [4.78, 5) is 27.1. The molecule has 1 fully saturated rings. The van der Waals surface area contributed by atoms with Crippen molar-refractivity contribution < 1.29 is 18.0 Å². The summed E-state index contributed by atoms with van der Waals surface area (Å²) < 4.78 is 28.8. The Bertz CT molecular complexity index is 1400. The maximum absolute atomic E-state index is 13.2. The number of rotatable bonds is 9. The van der Waals surface area contributed by atoms with Crippen LogP contribution in [0.25, 0.3) is 10.1 Å². The summed E-state index contributed by atoms with van der Waals surface area (Å²) in [5.41, 5.74) is 0.159. The molecule has 2 N–H and O–H groups in total. The maximum Gasteiger partial charge on any atom is 0.253 e. The molecule has 1 saturated heterocycles. The lowest BCUT2D eigenvalue weighted by atomic mass is 10.0. The van der Waals surface area contributed by atoms with Gasteiger partial charge < -0.3 is 10.6 Å². The van der Waals surface area contributed by atoms with Crippen molar-refractivity contribution in [3.05, 3.63) is 52.2 Å². The number of nitrogens with one attached hydrogen (secondary N) is 2. The van der Waals surface area contributed by atoms with Gasteiger partial charge in [0.05, 0.1) is 12.0 Å². The van der Waals surface area contributed by atoms with Gasteiger partial charge in [0.15, 0.2) is 4.21 Å². The van der Waals surface area contributed by atoms with Crippen molar-refractivity contribution in [3.63, 3.8) is 0 Å². The number of sulfonamides is 1. The van der Waals surface area contributed by atoms with Gasteiger partial charge in [-0.15, -0.1) is 22.7 Å². The molecule has 3 aromatic rings. The minimum absolute atomic E-state index is 0.0702. The summed E-state index contributed by atoms with van der Waals surface area (Å²) in [5.74, 6) is -0.236. The predicted molar refractivity (Wildman–Crippen MR) is 150 cm³/mol. The molecule has 3 heterocycles. The van der Waals surface area contributed by atoms with E-state index in [9.17, 15) is 23.3 Å². The van der Waals surface area contributed by atoms with Crippen LogP contribution in [-0.4, -0.2) is 49.7 Å². The molecule has 202 valence electrons. The summed E-state index contributed by atoms with van der Waals surface area (Å²) >= 11 is 2.63. The van der Waals surface area contributed by atoms with Gasteiger partial charge in [-0.2, -0.15) is 9.57 Å². The van der Waals surface area contributed by atoms with Crippen LogP contribution in [0.4, 0.5) is 0 Å². The highest BCUT2D eigenvalue weighted by Gasteiger charge is 2.32. The monoisotopic (exact) mass is 572 g/mol. The number of nitriles is 1. The average Bonchev–Trinajstić information content (AvgIpc) is 3.44. The van der Waals surface area contributed by atoms with Crippen molar-refractivity contribution in [3.8, 4) is 6.07 Å². The van der Waals surface area contributed by atoms with Crippen LogP contribution in [-0.2, 0) is 26.0 Å². The molecule has 2 aromatic heterocycles. The Kier molecular flexibility index (Phi) is 9.20. The van der Waals surface area contributed by atoms with E-state index in [2.05, 4.69) is 10.6 Å². The Morgan fingerprint density at radius 1 is 1.18 bits per heavy atom. The Balaban J connectivity index is 1.36. The van der Waals surface area contributed by atoms with Crippen molar-refractivity contribution in [1.29, 1.82) is 5.26 Å². The Morgan fingerprint density at radius 2 is 1.97 bits per heavy atom. The van der Waals surface area contributed by atoms with Crippen molar-refractivity contribution in [2.45, 2.75) is 62.2 Å². The maximum atomic E-state index is 13.2. The fourth-order valence-corrected chi connectivity index (χ4v) is 8.62. The summed E-state index contributed by atoms with van der Waals surface area (Å²) in [5, 5.41) is 18.0. The minimum atomic E-state index is -3.76. The Labute approximate surface area is 231 Å². The number of benzene rings is 1. The van der Waals surface area contributed by atoms with Crippen molar-refractivity contribution in [2.24, 2.45) is 5.92 Å². The first-order valence-electron chi connectivity index (χ1n) is 12.7. The van der Waals surface area contributed by atoms with Crippen molar-refractivity contribution in [2.75, 3.05) is 13.1 Å². The van der Waals surface area contributed by atoms with Gasteiger partial charge in [-0.05, 0) is 60.6 Å². The minimum Gasteiger partial charge on any atom is -0.352 e. The van der Waals surface area contributed by atoms with Gasteiger partial charge in [-0.1, -0.05) is 32.0 Å². The van der Waals surface area contributed by atoms with Gasteiger partial charge in [0, 0.05) is 28.7 Å². The molecule has 0 saturated carbocycles. The predicted octanol–water partition coefficient (Wildman–Crippen LogP) is 4.27. The van der Waals surface area contributed by atoms with Crippen LogP contribution in [0.2, 0.25) is 0 Å². The van der Waals surface area contributed by atoms with Gasteiger partial charge in [-0.3, -0.25) is 9.59 Å². The fourth-order valence-electron chi connectivity index (χ4n) is 4.68. The quantitative estimate of drug-likeness (QED) is 0.397. The summed E-state index contributed by atoms with van der Waals surface area (Å²) in [6.45, 7) is 4.60. The third-order valence-corrected chi connectivity index (χ3v) is 11.0. The van der Waals surface area contributed by atoms with Gasteiger partial charge >= 0.3 is 0 Å². The molecule has 2 atom stereocenters. The van der Waals surface area contributed by atoms with E-state index in [0.717, 1.165) is 26.3 Å². The molecule has 4 rings (SSSR count). The number of hydrogen-bond donors (Lipinski definition) is 2. The standard InChI is InChI=1S/C27H32N4O4S3/c1-18(2)14-23(30-25(32)16-22-15-19-6-3-4-8-24(19)37-22)26(33)29-21-7-5-11-31(12-9-21)38(34,35)27-20(17-28)10-13-36-27/h3-4,6,8,10,13,15,18,21,23H,5,7,9,11-12,14,16H2,1-2H3,(H,29,33)(H,30,32)/t21-,23+/m1/s1. The number of hydrogen-bond acceptors (Lipinski definition) is 7. The second kappa shape index (κ2) is 12.4. The van der Waals surface area contributed by atoms with E-state index >= 15 is 0 Å². The van der Waals surface area contributed by atoms with Gasteiger partial charge in [-0.25, -0.2) is 8.42 Å².